The summed E-state index contributed by atoms with van der Waals surface area (Å²) in [4.78, 5) is 0. The van der Waals surface area contributed by atoms with Gasteiger partial charge in [-0.05, 0) is 73.1 Å². The predicted octanol–water partition coefficient (Wildman–Crippen LogP) is 8.97. The van der Waals surface area contributed by atoms with Crippen molar-refractivity contribution in [2.24, 2.45) is 0 Å². The zero-order valence-electron chi connectivity index (χ0n) is 19.9. The third kappa shape index (κ3) is 3.55. The summed E-state index contributed by atoms with van der Waals surface area (Å²) >= 11 is 5.90. The standard InChI is InChI=1S/C34H25BrS/c35-34-31(24-14-5-2-6-15-24)32-28-18-10-9-17-27(28)29(26-20-19-22-11-7-8-16-25(22)21-26)30(33(32)36-34)23-12-3-1-4-13-23/h1,3-5,7-19,21,26H,2,6,20H2. The number of halogens is 1. The SMILES string of the molecule is Brc1sc2c(-c3ccccc3)c(C3C=c4ccccc4=CC3)c3ccccc3c2c1C1=CCCC=C1. The van der Waals surface area contributed by atoms with E-state index in [1.165, 1.54) is 62.9 Å². The predicted molar refractivity (Wildman–Crippen MR) is 161 cm³/mol. The van der Waals surface area contributed by atoms with Gasteiger partial charge in [-0.1, -0.05) is 109 Å². The summed E-state index contributed by atoms with van der Waals surface area (Å²) in [5, 5.41) is 6.78. The van der Waals surface area contributed by atoms with Crippen LogP contribution in [0.4, 0.5) is 0 Å². The van der Waals surface area contributed by atoms with Crippen molar-refractivity contribution in [3.8, 4) is 11.1 Å². The molecule has 1 unspecified atom stereocenters. The Balaban J connectivity index is 1.63. The first-order chi connectivity index (χ1) is 17.8. The van der Waals surface area contributed by atoms with E-state index in [4.69, 9.17) is 0 Å². The maximum atomic E-state index is 4.01. The quantitative estimate of drug-likeness (QED) is 0.212. The van der Waals surface area contributed by atoms with E-state index in [1.807, 2.05) is 11.3 Å². The van der Waals surface area contributed by atoms with Gasteiger partial charge in [-0.2, -0.15) is 0 Å². The van der Waals surface area contributed by atoms with Crippen LogP contribution < -0.4 is 10.4 Å². The van der Waals surface area contributed by atoms with Crippen LogP contribution in [0.15, 0.2) is 101 Å². The highest BCUT2D eigenvalue weighted by molar-refractivity contribution is 9.11. The van der Waals surface area contributed by atoms with Gasteiger partial charge in [-0.25, -0.2) is 0 Å². The molecule has 0 amide bonds. The lowest BCUT2D eigenvalue weighted by atomic mass is 9.81. The molecule has 0 fully saturated rings. The Kier molecular flexibility index (Phi) is 5.53. The van der Waals surface area contributed by atoms with Crippen LogP contribution in [0.2, 0.25) is 0 Å². The summed E-state index contributed by atoms with van der Waals surface area (Å²) in [6.07, 6.45) is 15.2. The fraction of sp³-hybridized carbons (Fsp3) is 0.118. The van der Waals surface area contributed by atoms with Gasteiger partial charge in [0.2, 0.25) is 0 Å². The van der Waals surface area contributed by atoms with E-state index in [0.29, 0.717) is 5.92 Å². The van der Waals surface area contributed by atoms with Crippen molar-refractivity contribution < 1.29 is 0 Å². The Labute approximate surface area is 223 Å². The lowest BCUT2D eigenvalue weighted by Crippen LogP contribution is -2.28. The first-order valence-electron chi connectivity index (χ1n) is 12.7. The van der Waals surface area contributed by atoms with Gasteiger partial charge in [0.05, 0.1) is 3.79 Å². The number of allylic oxidation sites excluding steroid dienone is 4. The van der Waals surface area contributed by atoms with Crippen LogP contribution in [0.3, 0.4) is 0 Å². The maximum absolute atomic E-state index is 4.01. The van der Waals surface area contributed by atoms with Crippen molar-refractivity contribution >= 4 is 65.9 Å². The Bertz CT molecular complexity index is 1820. The molecular formula is C34H25BrS. The fourth-order valence-electron chi connectivity index (χ4n) is 5.95. The van der Waals surface area contributed by atoms with Gasteiger partial charge in [-0.15, -0.1) is 11.3 Å². The second-order valence-corrected chi connectivity index (χ2v) is 12.0. The minimum atomic E-state index is 0.322. The highest BCUT2D eigenvalue weighted by Gasteiger charge is 2.26. The number of fused-ring (bicyclic) bond motifs is 4. The Morgan fingerprint density at radius 3 is 2.28 bits per heavy atom. The highest BCUT2D eigenvalue weighted by Crippen LogP contribution is 2.51. The van der Waals surface area contributed by atoms with Crippen molar-refractivity contribution in [2.75, 3.05) is 0 Å². The summed E-state index contributed by atoms with van der Waals surface area (Å²) < 4.78 is 2.60. The molecular weight excluding hydrogens is 520 g/mol. The molecule has 0 saturated heterocycles. The largest absolute Gasteiger partial charge is 0.127 e. The molecule has 1 heterocycles. The lowest BCUT2D eigenvalue weighted by Gasteiger charge is -2.23. The molecule has 1 aromatic heterocycles. The molecule has 0 bridgehead atoms. The van der Waals surface area contributed by atoms with E-state index < -0.39 is 0 Å². The molecule has 36 heavy (non-hydrogen) atoms. The van der Waals surface area contributed by atoms with Crippen LogP contribution in [-0.4, -0.2) is 0 Å². The summed E-state index contributed by atoms with van der Waals surface area (Å²) in [6, 6.07) is 28.8. The Morgan fingerprint density at radius 2 is 1.47 bits per heavy atom. The molecule has 2 aliphatic carbocycles. The topological polar surface area (TPSA) is 0 Å². The third-order valence-electron chi connectivity index (χ3n) is 7.53. The van der Waals surface area contributed by atoms with E-state index >= 15 is 0 Å². The van der Waals surface area contributed by atoms with Crippen molar-refractivity contribution in [3.05, 3.63) is 122 Å². The minimum Gasteiger partial charge on any atom is -0.127 e. The number of rotatable bonds is 3. The Hall–Kier alpha value is -3.20. The van der Waals surface area contributed by atoms with Crippen LogP contribution in [0.1, 0.15) is 36.3 Å². The Morgan fingerprint density at radius 1 is 0.722 bits per heavy atom. The minimum absolute atomic E-state index is 0.322. The highest BCUT2D eigenvalue weighted by atomic mass is 79.9. The summed E-state index contributed by atoms with van der Waals surface area (Å²) in [5.74, 6) is 0.322. The zero-order chi connectivity index (χ0) is 24.1. The molecule has 5 aromatic rings. The van der Waals surface area contributed by atoms with Gasteiger partial charge in [0.25, 0.3) is 0 Å². The van der Waals surface area contributed by atoms with Gasteiger partial charge in [-0.3, -0.25) is 0 Å². The van der Waals surface area contributed by atoms with Crippen LogP contribution in [0, 0.1) is 0 Å². The third-order valence-corrected chi connectivity index (χ3v) is 9.41. The molecule has 4 aromatic carbocycles. The summed E-state index contributed by atoms with van der Waals surface area (Å²) in [5.41, 5.74) is 6.81. The summed E-state index contributed by atoms with van der Waals surface area (Å²) in [6.45, 7) is 0. The van der Waals surface area contributed by atoms with Gasteiger partial charge < -0.3 is 0 Å². The monoisotopic (exact) mass is 544 g/mol. The van der Waals surface area contributed by atoms with Crippen LogP contribution in [0.5, 0.6) is 0 Å². The average Bonchev–Trinajstić information content (AvgIpc) is 3.29. The number of benzene rings is 4. The van der Waals surface area contributed by atoms with Crippen molar-refractivity contribution in [1.29, 1.82) is 0 Å². The van der Waals surface area contributed by atoms with Crippen molar-refractivity contribution in [2.45, 2.75) is 25.2 Å². The maximum Gasteiger partial charge on any atom is 0.0789 e. The first-order valence-corrected chi connectivity index (χ1v) is 14.3. The molecule has 2 heteroatoms. The molecule has 174 valence electrons. The van der Waals surface area contributed by atoms with Crippen molar-refractivity contribution in [1.82, 2.24) is 0 Å². The van der Waals surface area contributed by atoms with E-state index in [2.05, 4.69) is 125 Å². The molecule has 1 atom stereocenters. The van der Waals surface area contributed by atoms with Crippen LogP contribution in [0.25, 0.3) is 49.7 Å². The molecule has 2 aliphatic rings. The van der Waals surface area contributed by atoms with Crippen LogP contribution in [-0.2, 0) is 0 Å². The number of thiophene rings is 1. The second kappa shape index (κ2) is 9.03. The molecule has 7 rings (SSSR count). The molecule has 0 radical (unpaired) electrons. The molecule has 0 N–H and O–H groups in total. The zero-order valence-corrected chi connectivity index (χ0v) is 22.3. The van der Waals surface area contributed by atoms with Gasteiger partial charge >= 0.3 is 0 Å². The number of hydrogen-bond acceptors (Lipinski definition) is 1. The summed E-state index contributed by atoms with van der Waals surface area (Å²) in [7, 11) is 0. The molecule has 0 nitrogen and oxygen atoms in total. The van der Waals surface area contributed by atoms with Gasteiger partial charge in [0, 0.05) is 27.1 Å². The second-order valence-electron chi connectivity index (χ2n) is 9.64. The molecule has 0 aliphatic heterocycles. The van der Waals surface area contributed by atoms with E-state index in [-0.39, 0.29) is 0 Å². The normalized spacial score (nSPS) is 16.9. The first kappa shape index (κ1) is 22.0. The van der Waals surface area contributed by atoms with E-state index in [0.717, 1.165) is 19.3 Å². The number of hydrogen-bond donors (Lipinski definition) is 0. The van der Waals surface area contributed by atoms with E-state index in [9.17, 15) is 0 Å². The van der Waals surface area contributed by atoms with Gasteiger partial charge in [0.15, 0.2) is 0 Å². The fourth-order valence-corrected chi connectivity index (χ4v) is 8.01. The van der Waals surface area contributed by atoms with Crippen molar-refractivity contribution in [3.63, 3.8) is 0 Å². The smallest absolute Gasteiger partial charge is 0.0789 e. The molecule has 0 saturated carbocycles. The average molecular weight is 546 g/mol. The lowest BCUT2D eigenvalue weighted by molar-refractivity contribution is 0.934. The van der Waals surface area contributed by atoms with Crippen LogP contribution >= 0.6 is 27.3 Å². The van der Waals surface area contributed by atoms with E-state index in [1.54, 1.807) is 0 Å². The molecule has 0 spiro atoms. The van der Waals surface area contributed by atoms with Gasteiger partial charge in [0.1, 0.15) is 0 Å².